The zero-order valence-corrected chi connectivity index (χ0v) is 18.2. The number of amides is 1. The topological polar surface area (TPSA) is 71.3 Å². The number of nitrogens with one attached hydrogen (secondary N) is 1. The summed E-state index contributed by atoms with van der Waals surface area (Å²) in [7, 11) is 0. The molecule has 3 aromatic rings. The molecule has 1 atom stereocenters. The minimum absolute atomic E-state index is 0.174. The van der Waals surface area contributed by atoms with Crippen molar-refractivity contribution in [2.75, 3.05) is 18.4 Å². The van der Waals surface area contributed by atoms with Gasteiger partial charge in [-0.05, 0) is 50.6 Å². The molecule has 30 heavy (non-hydrogen) atoms. The van der Waals surface area contributed by atoms with Crippen LogP contribution in [0.3, 0.4) is 0 Å². The standard InChI is InChI=1S/C22H22BrFN4O2/c1-14-4-2-5-15(10-14)21-26-20(30-27-21)13-28-9-3-6-16(12-28)22(29)25-19-8-7-17(23)11-18(19)24/h2,4-5,7-8,10-11,16H,3,6,9,12-13H2,1H3,(H,25,29). The van der Waals surface area contributed by atoms with E-state index in [0.29, 0.717) is 29.3 Å². The van der Waals surface area contributed by atoms with Crippen molar-refractivity contribution >= 4 is 27.5 Å². The van der Waals surface area contributed by atoms with Crippen molar-refractivity contribution in [2.24, 2.45) is 5.92 Å². The number of halogens is 2. The quantitative estimate of drug-likeness (QED) is 0.577. The molecule has 0 aliphatic carbocycles. The molecule has 1 amide bonds. The monoisotopic (exact) mass is 472 g/mol. The molecule has 0 spiro atoms. The summed E-state index contributed by atoms with van der Waals surface area (Å²) >= 11 is 3.22. The average Bonchev–Trinajstić information content (AvgIpc) is 3.19. The van der Waals surface area contributed by atoms with Crippen molar-refractivity contribution in [2.45, 2.75) is 26.3 Å². The van der Waals surface area contributed by atoms with Crippen LogP contribution in [0.2, 0.25) is 0 Å². The molecule has 0 radical (unpaired) electrons. The summed E-state index contributed by atoms with van der Waals surface area (Å²) in [4.78, 5) is 19.3. The fourth-order valence-corrected chi connectivity index (χ4v) is 3.98. The molecule has 2 heterocycles. The van der Waals surface area contributed by atoms with Crippen LogP contribution in [0.25, 0.3) is 11.4 Å². The molecule has 8 heteroatoms. The van der Waals surface area contributed by atoms with Gasteiger partial charge in [0.25, 0.3) is 0 Å². The Bertz CT molecular complexity index is 1060. The number of piperidine rings is 1. The molecule has 6 nitrogen and oxygen atoms in total. The fraction of sp³-hybridized carbons (Fsp3) is 0.318. The highest BCUT2D eigenvalue weighted by Gasteiger charge is 2.27. The second kappa shape index (κ2) is 9.06. The normalized spacial score (nSPS) is 17.1. The van der Waals surface area contributed by atoms with E-state index in [-0.39, 0.29) is 17.5 Å². The molecule has 1 aromatic heterocycles. The predicted octanol–water partition coefficient (Wildman–Crippen LogP) is 4.80. The summed E-state index contributed by atoms with van der Waals surface area (Å²) in [5, 5.41) is 6.79. The number of rotatable bonds is 5. The highest BCUT2D eigenvalue weighted by atomic mass is 79.9. The molecule has 4 rings (SSSR count). The molecule has 1 aliphatic rings. The van der Waals surface area contributed by atoms with Gasteiger partial charge in [0.05, 0.1) is 18.2 Å². The summed E-state index contributed by atoms with van der Waals surface area (Å²) in [5.41, 5.74) is 2.24. The number of anilines is 1. The molecule has 1 aliphatic heterocycles. The van der Waals surface area contributed by atoms with Crippen molar-refractivity contribution in [3.05, 3.63) is 64.2 Å². The lowest BCUT2D eigenvalue weighted by Gasteiger charge is -2.30. The molecule has 156 valence electrons. The van der Waals surface area contributed by atoms with Crippen LogP contribution < -0.4 is 5.32 Å². The van der Waals surface area contributed by atoms with Crippen LogP contribution in [0.4, 0.5) is 10.1 Å². The number of aryl methyl sites for hydroxylation is 1. The Labute approximate surface area is 182 Å². The maximum absolute atomic E-state index is 14.0. The molecule has 0 bridgehead atoms. The minimum Gasteiger partial charge on any atom is -0.338 e. The smallest absolute Gasteiger partial charge is 0.241 e. The average molecular weight is 473 g/mol. The third-order valence-electron chi connectivity index (χ3n) is 5.17. The van der Waals surface area contributed by atoms with E-state index in [1.807, 2.05) is 31.2 Å². The first-order chi connectivity index (χ1) is 14.5. The zero-order chi connectivity index (χ0) is 21.1. The second-order valence-corrected chi connectivity index (χ2v) is 8.48. The molecule has 1 unspecified atom stereocenters. The Morgan fingerprint density at radius 2 is 2.20 bits per heavy atom. The number of nitrogens with zero attached hydrogens (tertiary/aromatic N) is 3. The third-order valence-corrected chi connectivity index (χ3v) is 5.66. The van der Waals surface area contributed by atoms with Crippen molar-refractivity contribution in [1.29, 1.82) is 0 Å². The molecular formula is C22H22BrFN4O2. The predicted molar refractivity (Wildman–Crippen MR) is 115 cm³/mol. The van der Waals surface area contributed by atoms with Crippen LogP contribution in [-0.4, -0.2) is 34.0 Å². The van der Waals surface area contributed by atoms with E-state index in [1.54, 1.807) is 12.1 Å². The minimum atomic E-state index is -0.458. The second-order valence-electron chi connectivity index (χ2n) is 7.57. The molecule has 2 aromatic carbocycles. The van der Waals surface area contributed by atoms with Crippen LogP contribution in [0.1, 0.15) is 24.3 Å². The van der Waals surface area contributed by atoms with Gasteiger partial charge in [0.1, 0.15) is 5.82 Å². The summed E-state index contributed by atoms with van der Waals surface area (Å²) in [5.74, 6) is 0.227. The van der Waals surface area contributed by atoms with Crippen LogP contribution in [0.5, 0.6) is 0 Å². The Hall–Kier alpha value is -2.58. The van der Waals surface area contributed by atoms with Crippen molar-refractivity contribution in [3.63, 3.8) is 0 Å². The number of carbonyl (C=O) groups is 1. The number of benzene rings is 2. The number of hydrogen-bond acceptors (Lipinski definition) is 5. The summed E-state index contributed by atoms with van der Waals surface area (Å²) in [6.45, 7) is 3.91. The van der Waals surface area contributed by atoms with Crippen LogP contribution in [0, 0.1) is 18.7 Å². The maximum Gasteiger partial charge on any atom is 0.241 e. The SMILES string of the molecule is Cc1cccc(-c2noc(CN3CCCC(C(=O)Nc4ccc(Br)cc4F)C3)n2)c1. The van der Waals surface area contributed by atoms with E-state index < -0.39 is 5.82 Å². The van der Waals surface area contributed by atoms with Gasteiger partial charge in [0.2, 0.25) is 17.6 Å². The van der Waals surface area contributed by atoms with Gasteiger partial charge in [-0.15, -0.1) is 0 Å². The van der Waals surface area contributed by atoms with E-state index in [2.05, 4.69) is 36.3 Å². The zero-order valence-electron chi connectivity index (χ0n) is 16.6. The van der Waals surface area contributed by atoms with E-state index >= 15 is 0 Å². The van der Waals surface area contributed by atoms with Gasteiger partial charge < -0.3 is 9.84 Å². The fourth-order valence-electron chi connectivity index (χ4n) is 3.65. The van der Waals surface area contributed by atoms with Crippen LogP contribution in [0.15, 0.2) is 51.5 Å². The van der Waals surface area contributed by atoms with Crippen molar-refractivity contribution in [3.8, 4) is 11.4 Å². The van der Waals surface area contributed by atoms with Crippen LogP contribution >= 0.6 is 15.9 Å². The number of carbonyl (C=O) groups excluding carboxylic acids is 1. The van der Waals surface area contributed by atoms with Gasteiger partial charge in [-0.3, -0.25) is 9.69 Å². The number of aromatic nitrogens is 2. The number of likely N-dealkylation sites (tertiary alicyclic amines) is 1. The molecule has 1 N–H and O–H groups in total. The highest BCUT2D eigenvalue weighted by Crippen LogP contribution is 2.24. The highest BCUT2D eigenvalue weighted by molar-refractivity contribution is 9.10. The van der Waals surface area contributed by atoms with Gasteiger partial charge in [0, 0.05) is 16.6 Å². The molecule has 1 saturated heterocycles. The van der Waals surface area contributed by atoms with Crippen LogP contribution in [-0.2, 0) is 11.3 Å². The van der Waals surface area contributed by atoms with E-state index in [4.69, 9.17) is 4.52 Å². The van der Waals surface area contributed by atoms with E-state index in [1.165, 1.54) is 6.07 Å². The summed E-state index contributed by atoms with van der Waals surface area (Å²) < 4.78 is 20.1. The molecular weight excluding hydrogens is 451 g/mol. The first kappa shape index (κ1) is 20.7. The summed E-state index contributed by atoms with van der Waals surface area (Å²) in [6.07, 6.45) is 1.64. The van der Waals surface area contributed by atoms with Gasteiger partial charge in [-0.2, -0.15) is 4.98 Å². The Kier molecular flexibility index (Phi) is 6.24. The first-order valence-corrected chi connectivity index (χ1v) is 10.6. The van der Waals surface area contributed by atoms with E-state index in [9.17, 15) is 9.18 Å². The molecule has 0 saturated carbocycles. The number of hydrogen-bond donors (Lipinski definition) is 1. The van der Waals surface area contributed by atoms with Gasteiger partial charge >= 0.3 is 0 Å². The maximum atomic E-state index is 14.0. The molecule has 1 fully saturated rings. The van der Waals surface area contributed by atoms with Crippen molar-refractivity contribution in [1.82, 2.24) is 15.0 Å². The summed E-state index contributed by atoms with van der Waals surface area (Å²) in [6, 6.07) is 12.5. The lowest BCUT2D eigenvalue weighted by atomic mass is 9.97. The lowest BCUT2D eigenvalue weighted by molar-refractivity contribution is -0.121. The third kappa shape index (κ3) is 4.94. The van der Waals surface area contributed by atoms with Gasteiger partial charge in [0.15, 0.2) is 0 Å². The Morgan fingerprint density at radius 3 is 3.00 bits per heavy atom. The Morgan fingerprint density at radius 1 is 1.33 bits per heavy atom. The van der Waals surface area contributed by atoms with Gasteiger partial charge in [-0.25, -0.2) is 4.39 Å². The van der Waals surface area contributed by atoms with E-state index in [0.717, 1.165) is 30.5 Å². The largest absolute Gasteiger partial charge is 0.338 e. The lowest BCUT2D eigenvalue weighted by Crippen LogP contribution is -2.40. The Balaban J connectivity index is 1.38. The van der Waals surface area contributed by atoms with Crippen molar-refractivity contribution < 1.29 is 13.7 Å². The van der Waals surface area contributed by atoms with Gasteiger partial charge in [-0.1, -0.05) is 44.8 Å². The first-order valence-electron chi connectivity index (χ1n) is 9.86.